The van der Waals surface area contributed by atoms with Crippen LogP contribution in [0.25, 0.3) is 16.9 Å². The number of aryl methyl sites for hydroxylation is 1. The van der Waals surface area contributed by atoms with Crippen LogP contribution in [-0.2, 0) is 11.3 Å². The van der Waals surface area contributed by atoms with Crippen molar-refractivity contribution in [3.05, 3.63) is 102 Å². The molecule has 0 fully saturated rings. The Labute approximate surface area is 192 Å². The molecule has 2 heterocycles. The van der Waals surface area contributed by atoms with Crippen LogP contribution in [0.5, 0.6) is 0 Å². The number of carbonyl (C=O) groups excluding carboxylic acids is 2. The van der Waals surface area contributed by atoms with Crippen LogP contribution in [0.15, 0.2) is 85.3 Å². The molecule has 2 amide bonds. The molecule has 0 atom stereocenters. The first kappa shape index (κ1) is 22.0. The number of rotatable bonds is 8. The van der Waals surface area contributed by atoms with Gasteiger partial charge in [-0.15, -0.1) is 0 Å². The van der Waals surface area contributed by atoms with Crippen molar-refractivity contribution in [2.75, 3.05) is 6.54 Å². The average molecular weight is 440 g/mol. The van der Waals surface area contributed by atoms with Crippen LogP contribution in [0.2, 0.25) is 0 Å². The highest BCUT2D eigenvalue weighted by molar-refractivity contribution is 6.00. The minimum Gasteiger partial charge on any atom is -0.352 e. The molecule has 7 nitrogen and oxygen atoms in total. The minimum absolute atomic E-state index is 0.134. The molecule has 0 saturated heterocycles. The number of aromatic nitrogens is 3. The smallest absolute Gasteiger partial charge is 0.255 e. The molecule has 0 radical (unpaired) electrons. The Kier molecular flexibility index (Phi) is 6.90. The Morgan fingerprint density at radius 1 is 0.909 bits per heavy atom. The second kappa shape index (κ2) is 10.4. The molecule has 0 aliphatic rings. The van der Waals surface area contributed by atoms with Gasteiger partial charge in [0, 0.05) is 43.7 Å². The van der Waals surface area contributed by atoms with Crippen LogP contribution >= 0.6 is 0 Å². The third-order valence-electron chi connectivity index (χ3n) is 5.18. The zero-order valence-corrected chi connectivity index (χ0v) is 18.4. The lowest BCUT2D eigenvalue weighted by Crippen LogP contribution is -2.30. The summed E-state index contributed by atoms with van der Waals surface area (Å²) in [7, 11) is 0. The maximum absolute atomic E-state index is 13.0. The Hall–Kier alpha value is -4.26. The fraction of sp³-hybridized carbons (Fsp3) is 0.154. The Bertz CT molecular complexity index is 1220. The van der Waals surface area contributed by atoms with Crippen LogP contribution in [0, 0.1) is 6.92 Å². The summed E-state index contributed by atoms with van der Waals surface area (Å²) in [4.78, 5) is 29.1. The first-order chi connectivity index (χ1) is 16.1. The number of hydrogen-bond acceptors (Lipinski definition) is 4. The maximum Gasteiger partial charge on any atom is 0.255 e. The van der Waals surface area contributed by atoms with E-state index < -0.39 is 0 Å². The van der Waals surface area contributed by atoms with Gasteiger partial charge in [0.2, 0.25) is 5.91 Å². The van der Waals surface area contributed by atoms with Crippen molar-refractivity contribution in [2.24, 2.45) is 0 Å². The molecule has 2 aromatic carbocycles. The number of benzene rings is 2. The summed E-state index contributed by atoms with van der Waals surface area (Å²) in [6.07, 6.45) is 5.28. The van der Waals surface area contributed by atoms with E-state index in [0.29, 0.717) is 17.8 Å². The molecule has 0 aliphatic carbocycles. The van der Waals surface area contributed by atoms with Gasteiger partial charge in [-0.3, -0.25) is 14.6 Å². The largest absolute Gasteiger partial charge is 0.352 e. The van der Waals surface area contributed by atoms with Crippen molar-refractivity contribution < 1.29 is 9.59 Å². The number of carbonyl (C=O) groups is 2. The highest BCUT2D eigenvalue weighted by atomic mass is 16.2. The monoisotopic (exact) mass is 439 g/mol. The summed E-state index contributed by atoms with van der Waals surface area (Å²) in [6, 6.07) is 21.2. The van der Waals surface area contributed by atoms with Gasteiger partial charge < -0.3 is 10.6 Å². The first-order valence-electron chi connectivity index (χ1n) is 10.8. The summed E-state index contributed by atoms with van der Waals surface area (Å²) in [5.41, 5.74) is 4.89. The Balaban J connectivity index is 1.43. The lowest BCUT2D eigenvalue weighted by Gasteiger charge is -2.07. The molecule has 4 rings (SSSR count). The number of hydrogen-bond donors (Lipinski definition) is 2. The molecule has 4 aromatic rings. The maximum atomic E-state index is 13.0. The van der Waals surface area contributed by atoms with E-state index in [1.165, 1.54) is 0 Å². The molecule has 0 bridgehead atoms. The van der Waals surface area contributed by atoms with Gasteiger partial charge in [0.1, 0.15) is 5.69 Å². The highest BCUT2D eigenvalue weighted by Crippen LogP contribution is 2.23. The van der Waals surface area contributed by atoms with Crippen molar-refractivity contribution in [1.29, 1.82) is 0 Å². The SMILES string of the molecule is Cc1ccc(-n2cc(C(=O)NCCC(=O)NCc3ccncc3)c(-c3ccccc3)n2)cc1. The van der Waals surface area contributed by atoms with Crippen molar-refractivity contribution in [3.8, 4) is 16.9 Å². The van der Waals surface area contributed by atoms with Crippen LogP contribution in [0.1, 0.15) is 27.9 Å². The van der Waals surface area contributed by atoms with E-state index in [1.807, 2.05) is 73.7 Å². The summed E-state index contributed by atoms with van der Waals surface area (Å²) in [6.45, 7) is 2.68. The fourth-order valence-electron chi connectivity index (χ4n) is 3.35. The van der Waals surface area contributed by atoms with Crippen LogP contribution in [0.3, 0.4) is 0 Å². The zero-order valence-electron chi connectivity index (χ0n) is 18.4. The number of pyridine rings is 1. The van der Waals surface area contributed by atoms with E-state index in [2.05, 4.69) is 20.7 Å². The molecule has 0 saturated carbocycles. The predicted octanol–water partition coefficient (Wildman–Crippen LogP) is 3.68. The molecule has 7 heteroatoms. The van der Waals surface area contributed by atoms with E-state index in [9.17, 15) is 9.59 Å². The predicted molar refractivity (Wildman–Crippen MR) is 127 cm³/mol. The minimum atomic E-state index is -0.269. The standard InChI is InChI=1S/C26H25N5O2/c1-19-7-9-22(10-8-19)31-18-23(25(30-31)21-5-3-2-4-6-21)26(33)28-16-13-24(32)29-17-20-11-14-27-15-12-20/h2-12,14-15,18H,13,16-17H2,1H3,(H,28,33)(H,29,32). The van der Waals surface area contributed by atoms with Gasteiger partial charge in [0.15, 0.2) is 0 Å². The third kappa shape index (κ3) is 5.71. The molecular weight excluding hydrogens is 414 g/mol. The molecular formula is C26H25N5O2. The fourth-order valence-corrected chi connectivity index (χ4v) is 3.35. The second-order valence-corrected chi connectivity index (χ2v) is 7.68. The summed E-state index contributed by atoms with van der Waals surface area (Å²) in [5.74, 6) is -0.403. The quantitative estimate of drug-likeness (QED) is 0.438. The number of nitrogens with one attached hydrogen (secondary N) is 2. The summed E-state index contributed by atoms with van der Waals surface area (Å²) >= 11 is 0. The van der Waals surface area contributed by atoms with Crippen molar-refractivity contribution >= 4 is 11.8 Å². The number of nitrogens with zero attached hydrogens (tertiary/aromatic N) is 3. The second-order valence-electron chi connectivity index (χ2n) is 7.68. The van der Waals surface area contributed by atoms with Crippen molar-refractivity contribution in [1.82, 2.24) is 25.4 Å². The molecule has 0 aliphatic heterocycles. The van der Waals surface area contributed by atoms with Gasteiger partial charge in [-0.1, -0.05) is 48.0 Å². The van der Waals surface area contributed by atoms with E-state index >= 15 is 0 Å². The van der Waals surface area contributed by atoms with Gasteiger partial charge in [-0.05, 0) is 36.8 Å². The third-order valence-corrected chi connectivity index (χ3v) is 5.18. The van der Waals surface area contributed by atoms with E-state index in [1.54, 1.807) is 23.3 Å². The summed E-state index contributed by atoms with van der Waals surface area (Å²) < 4.78 is 1.71. The van der Waals surface area contributed by atoms with E-state index in [0.717, 1.165) is 22.4 Å². The summed E-state index contributed by atoms with van der Waals surface area (Å²) in [5, 5.41) is 10.4. The van der Waals surface area contributed by atoms with Crippen LogP contribution < -0.4 is 10.6 Å². The lowest BCUT2D eigenvalue weighted by molar-refractivity contribution is -0.121. The van der Waals surface area contributed by atoms with Gasteiger partial charge in [-0.2, -0.15) is 5.10 Å². The van der Waals surface area contributed by atoms with Gasteiger partial charge in [0.25, 0.3) is 5.91 Å². The van der Waals surface area contributed by atoms with Crippen molar-refractivity contribution in [3.63, 3.8) is 0 Å². The molecule has 166 valence electrons. The molecule has 2 aromatic heterocycles. The van der Waals surface area contributed by atoms with Crippen molar-refractivity contribution in [2.45, 2.75) is 19.9 Å². The van der Waals surface area contributed by atoms with Gasteiger partial charge >= 0.3 is 0 Å². The lowest BCUT2D eigenvalue weighted by atomic mass is 10.1. The normalized spacial score (nSPS) is 10.6. The van der Waals surface area contributed by atoms with Gasteiger partial charge in [-0.25, -0.2) is 4.68 Å². The zero-order chi connectivity index (χ0) is 23.0. The van der Waals surface area contributed by atoms with Gasteiger partial charge in [0.05, 0.1) is 11.3 Å². The average Bonchev–Trinajstić information content (AvgIpc) is 3.30. The Morgan fingerprint density at radius 3 is 2.36 bits per heavy atom. The molecule has 2 N–H and O–H groups in total. The van der Waals surface area contributed by atoms with Crippen LogP contribution in [0.4, 0.5) is 0 Å². The Morgan fingerprint density at radius 2 is 1.64 bits per heavy atom. The topological polar surface area (TPSA) is 88.9 Å². The van der Waals surface area contributed by atoms with E-state index in [4.69, 9.17) is 0 Å². The first-order valence-corrected chi connectivity index (χ1v) is 10.8. The van der Waals surface area contributed by atoms with Crippen LogP contribution in [-0.4, -0.2) is 33.1 Å². The number of amides is 2. The highest BCUT2D eigenvalue weighted by Gasteiger charge is 2.18. The molecule has 0 spiro atoms. The molecule has 33 heavy (non-hydrogen) atoms. The van der Waals surface area contributed by atoms with E-state index in [-0.39, 0.29) is 24.8 Å². The molecule has 0 unspecified atom stereocenters.